The van der Waals surface area contributed by atoms with Crippen molar-refractivity contribution in [3.8, 4) is 0 Å². The lowest BCUT2D eigenvalue weighted by atomic mass is 10.3. The lowest BCUT2D eigenvalue weighted by Crippen LogP contribution is -2.30. The molecule has 2 rings (SSSR count). The number of aliphatic hydroxyl groups is 1. The maximum absolute atomic E-state index is 9.77. The molecule has 2 aromatic rings. The van der Waals surface area contributed by atoms with E-state index in [0.717, 1.165) is 5.82 Å². The second-order valence-corrected chi connectivity index (χ2v) is 3.97. The van der Waals surface area contributed by atoms with Crippen LogP contribution in [-0.4, -0.2) is 37.1 Å². The van der Waals surface area contributed by atoms with Crippen molar-refractivity contribution in [3.63, 3.8) is 0 Å². The van der Waals surface area contributed by atoms with Crippen LogP contribution >= 0.6 is 0 Å². The van der Waals surface area contributed by atoms with Crippen LogP contribution in [0, 0.1) is 0 Å². The summed E-state index contributed by atoms with van der Waals surface area (Å²) in [5.41, 5.74) is 0. The topological polar surface area (TPSA) is 67.9 Å². The van der Waals surface area contributed by atoms with E-state index < -0.39 is 6.10 Å². The van der Waals surface area contributed by atoms with Crippen molar-refractivity contribution >= 4 is 0 Å². The van der Waals surface area contributed by atoms with Crippen molar-refractivity contribution in [2.24, 2.45) is 7.05 Å². The minimum absolute atomic E-state index is 0.449. The molecule has 1 atom stereocenters. The summed E-state index contributed by atoms with van der Waals surface area (Å²) < 4.78 is 3.67. The maximum atomic E-state index is 9.77. The van der Waals surface area contributed by atoms with Gasteiger partial charge in [-0.05, 0) is 6.07 Å². The third-order valence-electron chi connectivity index (χ3n) is 2.54. The van der Waals surface area contributed by atoms with Gasteiger partial charge in [-0.3, -0.25) is 4.68 Å². The first-order chi connectivity index (χ1) is 8.25. The third kappa shape index (κ3) is 3.40. The Hall–Kier alpha value is -1.66. The van der Waals surface area contributed by atoms with Crippen LogP contribution in [0.25, 0.3) is 0 Å². The number of aryl methyl sites for hydroxylation is 1. The van der Waals surface area contributed by atoms with E-state index in [0.29, 0.717) is 19.6 Å². The lowest BCUT2D eigenvalue weighted by molar-refractivity contribution is 0.146. The normalized spacial score (nSPS) is 12.8. The molecule has 0 bridgehead atoms. The molecule has 0 aliphatic rings. The molecular weight excluding hydrogens is 218 g/mol. The first-order valence-electron chi connectivity index (χ1n) is 5.58. The van der Waals surface area contributed by atoms with E-state index in [1.54, 1.807) is 17.1 Å². The van der Waals surface area contributed by atoms with Gasteiger partial charge in [-0.1, -0.05) is 0 Å². The number of imidazole rings is 1. The van der Waals surface area contributed by atoms with Crippen LogP contribution in [0.4, 0.5) is 0 Å². The van der Waals surface area contributed by atoms with Crippen molar-refractivity contribution in [2.75, 3.05) is 6.54 Å². The highest BCUT2D eigenvalue weighted by Crippen LogP contribution is 1.94. The fraction of sp³-hybridized carbons (Fsp3) is 0.455. The summed E-state index contributed by atoms with van der Waals surface area (Å²) in [6, 6.07) is 1.84. The number of aliphatic hydroxyl groups excluding tert-OH is 1. The Kier molecular flexibility index (Phi) is 3.89. The maximum Gasteiger partial charge on any atom is 0.122 e. The molecule has 0 aliphatic carbocycles. The van der Waals surface area contributed by atoms with E-state index in [4.69, 9.17) is 0 Å². The molecule has 1 unspecified atom stereocenters. The largest absolute Gasteiger partial charge is 0.390 e. The van der Waals surface area contributed by atoms with Crippen molar-refractivity contribution in [3.05, 3.63) is 36.7 Å². The Labute approximate surface area is 99.9 Å². The minimum atomic E-state index is -0.449. The Balaban J connectivity index is 1.70. The molecule has 92 valence electrons. The molecule has 0 aromatic carbocycles. The molecule has 6 nitrogen and oxygen atoms in total. The van der Waals surface area contributed by atoms with E-state index in [2.05, 4.69) is 15.4 Å². The molecule has 0 fully saturated rings. The van der Waals surface area contributed by atoms with E-state index in [1.807, 2.05) is 30.1 Å². The lowest BCUT2D eigenvalue weighted by Gasteiger charge is -2.11. The summed E-state index contributed by atoms with van der Waals surface area (Å²) in [4.78, 5) is 4.19. The van der Waals surface area contributed by atoms with Gasteiger partial charge in [-0.15, -0.1) is 0 Å². The van der Waals surface area contributed by atoms with E-state index >= 15 is 0 Å². The van der Waals surface area contributed by atoms with Crippen molar-refractivity contribution < 1.29 is 5.11 Å². The van der Waals surface area contributed by atoms with Crippen LogP contribution in [0.3, 0.4) is 0 Å². The molecule has 0 radical (unpaired) electrons. The van der Waals surface area contributed by atoms with Gasteiger partial charge in [0.15, 0.2) is 0 Å². The van der Waals surface area contributed by atoms with Crippen LogP contribution < -0.4 is 5.32 Å². The highest BCUT2D eigenvalue weighted by molar-refractivity contribution is 4.90. The average Bonchev–Trinajstić information content (AvgIpc) is 2.91. The van der Waals surface area contributed by atoms with Crippen molar-refractivity contribution in [1.82, 2.24) is 24.6 Å². The molecule has 2 heterocycles. The van der Waals surface area contributed by atoms with Crippen LogP contribution in [0.15, 0.2) is 30.9 Å². The van der Waals surface area contributed by atoms with E-state index in [1.165, 1.54) is 0 Å². The number of nitrogens with one attached hydrogen (secondary N) is 1. The van der Waals surface area contributed by atoms with E-state index in [-0.39, 0.29) is 0 Å². The fourth-order valence-electron chi connectivity index (χ4n) is 1.61. The zero-order valence-corrected chi connectivity index (χ0v) is 9.82. The minimum Gasteiger partial charge on any atom is -0.390 e. The predicted molar refractivity (Wildman–Crippen MR) is 63.1 cm³/mol. The summed E-state index contributed by atoms with van der Waals surface area (Å²) in [7, 11) is 1.95. The third-order valence-corrected chi connectivity index (χ3v) is 2.54. The van der Waals surface area contributed by atoms with Gasteiger partial charge in [0, 0.05) is 38.4 Å². The average molecular weight is 235 g/mol. The molecule has 0 amide bonds. The fourth-order valence-corrected chi connectivity index (χ4v) is 1.61. The Bertz CT molecular complexity index is 436. The summed E-state index contributed by atoms with van der Waals surface area (Å²) in [5.74, 6) is 0.955. The zero-order chi connectivity index (χ0) is 12.1. The first-order valence-corrected chi connectivity index (χ1v) is 5.58. The number of hydrogen-bond acceptors (Lipinski definition) is 4. The molecule has 2 aromatic heterocycles. The highest BCUT2D eigenvalue weighted by atomic mass is 16.3. The van der Waals surface area contributed by atoms with Gasteiger partial charge in [0.25, 0.3) is 0 Å². The highest BCUT2D eigenvalue weighted by Gasteiger charge is 2.05. The molecular formula is C11H17N5O. The van der Waals surface area contributed by atoms with Crippen LogP contribution in [-0.2, 0) is 20.1 Å². The van der Waals surface area contributed by atoms with Gasteiger partial charge >= 0.3 is 0 Å². The number of rotatable bonds is 6. The number of hydrogen-bond donors (Lipinski definition) is 2. The number of aromatic nitrogens is 4. The molecule has 0 aliphatic heterocycles. The standard InChI is InChI=1S/C11H17N5O/c1-15-6-4-13-11(15)8-12-7-10(17)9-16-5-2-3-14-16/h2-6,10,12,17H,7-9H2,1H3. The van der Waals surface area contributed by atoms with Gasteiger partial charge in [0.1, 0.15) is 5.82 Å². The molecule has 2 N–H and O–H groups in total. The van der Waals surface area contributed by atoms with Crippen molar-refractivity contribution in [1.29, 1.82) is 0 Å². The molecule has 0 saturated carbocycles. The van der Waals surface area contributed by atoms with Crippen LogP contribution in [0.2, 0.25) is 0 Å². The zero-order valence-electron chi connectivity index (χ0n) is 9.82. The predicted octanol–water partition coefficient (Wildman–Crippen LogP) is -0.233. The first kappa shape index (κ1) is 11.8. The Morgan fingerprint density at radius 3 is 2.94 bits per heavy atom. The molecule has 6 heteroatoms. The molecule has 17 heavy (non-hydrogen) atoms. The van der Waals surface area contributed by atoms with Gasteiger partial charge in [0.05, 0.1) is 19.2 Å². The SMILES string of the molecule is Cn1ccnc1CNCC(O)Cn1cccn1. The number of nitrogens with zero attached hydrogens (tertiary/aromatic N) is 4. The molecule has 0 spiro atoms. The second kappa shape index (κ2) is 5.60. The van der Waals surface area contributed by atoms with Gasteiger partial charge < -0.3 is 15.0 Å². The van der Waals surface area contributed by atoms with Crippen LogP contribution in [0.1, 0.15) is 5.82 Å². The van der Waals surface area contributed by atoms with E-state index in [9.17, 15) is 5.11 Å². The van der Waals surface area contributed by atoms with Gasteiger partial charge in [-0.2, -0.15) is 5.10 Å². The second-order valence-electron chi connectivity index (χ2n) is 3.97. The van der Waals surface area contributed by atoms with Gasteiger partial charge in [-0.25, -0.2) is 4.98 Å². The Morgan fingerprint density at radius 2 is 2.29 bits per heavy atom. The van der Waals surface area contributed by atoms with Crippen molar-refractivity contribution in [2.45, 2.75) is 19.2 Å². The van der Waals surface area contributed by atoms with Crippen LogP contribution in [0.5, 0.6) is 0 Å². The molecule has 0 saturated heterocycles. The summed E-state index contributed by atoms with van der Waals surface area (Å²) in [6.45, 7) is 1.67. The summed E-state index contributed by atoms with van der Waals surface area (Å²) in [5, 5.41) is 17.0. The summed E-state index contributed by atoms with van der Waals surface area (Å²) >= 11 is 0. The quantitative estimate of drug-likeness (QED) is 0.725. The summed E-state index contributed by atoms with van der Waals surface area (Å²) in [6.07, 6.45) is 6.75. The smallest absolute Gasteiger partial charge is 0.122 e. The van der Waals surface area contributed by atoms with Gasteiger partial charge in [0.2, 0.25) is 0 Å². The monoisotopic (exact) mass is 235 g/mol. The Morgan fingerprint density at radius 1 is 1.41 bits per heavy atom.